The van der Waals surface area contributed by atoms with Crippen LogP contribution in [-0.2, 0) is 6.18 Å². The monoisotopic (exact) mass is 457 g/mol. The number of nitrogens with zero attached hydrogens (tertiary/aromatic N) is 4. The van der Waals surface area contributed by atoms with Gasteiger partial charge in [0, 0.05) is 41.3 Å². The molecule has 33 heavy (non-hydrogen) atoms. The van der Waals surface area contributed by atoms with E-state index in [2.05, 4.69) is 32.4 Å². The number of alkyl halides is 3. The predicted octanol–water partition coefficient (Wildman–Crippen LogP) is 5.10. The van der Waals surface area contributed by atoms with E-state index >= 15 is 0 Å². The summed E-state index contributed by atoms with van der Waals surface area (Å²) < 4.78 is 46.1. The minimum absolute atomic E-state index is 0.0606. The number of benzene rings is 1. The number of aromatic nitrogens is 3. The lowest BCUT2D eigenvalue weighted by atomic mass is 9.94. The van der Waals surface area contributed by atoms with Gasteiger partial charge in [-0.1, -0.05) is 0 Å². The van der Waals surface area contributed by atoms with E-state index in [9.17, 15) is 13.2 Å². The van der Waals surface area contributed by atoms with Crippen molar-refractivity contribution in [3.63, 3.8) is 0 Å². The van der Waals surface area contributed by atoms with Gasteiger partial charge >= 0.3 is 6.18 Å². The maximum atomic E-state index is 13.6. The quantitative estimate of drug-likeness (QED) is 0.575. The van der Waals surface area contributed by atoms with Gasteiger partial charge in [-0.15, -0.1) is 10.2 Å². The van der Waals surface area contributed by atoms with E-state index in [1.807, 2.05) is 6.07 Å². The van der Waals surface area contributed by atoms with Crippen LogP contribution in [0.1, 0.15) is 42.7 Å². The molecule has 0 radical (unpaired) electrons. The standard InChI is InChI=1S/C24H26F3N5O/c1-32-9-3-4-16(13-32)29-23-19-12-28-8-7-17(19)22(30-31-23)21-18(14-5-6-14)10-15(24(25,26)27)11-20(21)33-2/h7-8,10-12,14,16H,3-6,9,13H2,1-2H3,(H,29,31)/t16-/m1/s1. The highest BCUT2D eigenvalue weighted by molar-refractivity contribution is 6.01. The van der Waals surface area contributed by atoms with Crippen LogP contribution >= 0.6 is 0 Å². The summed E-state index contributed by atoms with van der Waals surface area (Å²) in [6.07, 6.45) is 2.78. The molecule has 5 rings (SSSR count). The van der Waals surface area contributed by atoms with E-state index in [0.29, 0.717) is 22.6 Å². The smallest absolute Gasteiger partial charge is 0.416 e. The Morgan fingerprint density at radius 1 is 1.12 bits per heavy atom. The fraction of sp³-hybridized carbons (Fsp3) is 0.458. The van der Waals surface area contributed by atoms with Gasteiger partial charge in [0.25, 0.3) is 0 Å². The summed E-state index contributed by atoms with van der Waals surface area (Å²) in [5.41, 5.74) is 1.01. The van der Waals surface area contributed by atoms with Crippen LogP contribution in [-0.4, -0.2) is 53.4 Å². The van der Waals surface area contributed by atoms with Crippen molar-refractivity contribution in [2.45, 2.75) is 43.8 Å². The number of nitrogens with one attached hydrogen (secondary N) is 1. The van der Waals surface area contributed by atoms with Crippen LogP contribution in [0.4, 0.5) is 19.0 Å². The Bertz CT molecular complexity index is 1180. The molecule has 2 fully saturated rings. The van der Waals surface area contributed by atoms with Crippen molar-refractivity contribution >= 4 is 16.6 Å². The Balaban J connectivity index is 1.64. The van der Waals surface area contributed by atoms with Crippen molar-refractivity contribution in [1.82, 2.24) is 20.1 Å². The van der Waals surface area contributed by atoms with Crippen molar-refractivity contribution < 1.29 is 17.9 Å². The summed E-state index contributed by atoms with van der Waals surface area (Å²) in [5, 5.41) is 14.1. The number of rotatable bonds is 5. The van der Waals surface area contributed by atoms with E-state index in [4.69, 9.17) is 4.74 Å². The first-order chi connectivity index (χ1) is 15.8. The molecule has 1 N–H and O–H groups in total. The maximum Gasteiger partial charge on any atom is 0.416 e. The summed E-state index contributed by atoms with van der Waals surface area (Å²) in [4.78, 5) is 6.55. The Morgan fingerprint density at radius 3 is 2.64 bits per heavy atom. The molecule has 1 atom stereocenters. The molecule has 2 aliphatic rings. The van der Waals surface area contributed by atoms with Crippen LogP contribution in [0.2, 0.25) is 0 Å². The molecular formula is C24H26F3N5O. The normalized spacial score (nSPS) is 19.6. The van der Waals surface area contributed by atoms with Gasteiger partial charge in [0.05, 0.1) is 12.7 Å². The number of hydrogen-bond acceptors (Lipinski definition) is 6. The fourth-order valence-electron chi connectivity index (χ4n) is 4.70. The molecular weight excluding hydrogens is 431 g/mol. The van der Waals surface area contributed by atoms with Crippen LogP contribution in [0.3, 0.4) is 0 Å². The molecule has 0 unspecified atom stereocenters. The molecule has 0 spiro atoms. The topological polar surface area (TPSA) is 63.2 Å². The highest BCUT2D eigenvalue weighted by Gasteiger charge is 2.37. The molecule has 6 nitrogen and oxygen atoms in total. The number of halogens is 3. The fourth-order valence-corrected chi connectivity index (χ4v) is 4.70. The first-order valence-electron chi connectivity index (χ1n) is 11.2. The molecule has 1 saturated heterocycles. The van der Waals surface area contributed by atoms with Gasteiger partial charge in [-0.2, -0.15) is 13.2 Å². The maximum absolute atomic E-state index is 13.6. The van der Waals surface area contributed by atoms with E-state index in [1.54, 1.807) is 12.4 Å². The second-order valence-corrected chi connectivity index (χ2v) is 8.98. The van der Waals surface area contributed by atoms with Crippen molar-refractivity contribution in [2.75, 3.05) is 32.6 Å². The Kier molecular flexibility index (Phi) is 5.60. The largest absolute Gasteiger partial charge is 0.496 e. The van der Waals surface area contributed by atoms with Crippen LogP contribution in [0.25, 0.3) is 22.0 Å². The van der Waals surface area contributed by atoms with Gasteiger partial charge in [0.2, 0.25) is 0 Å². The number of anilines is 1. The molecule has 0 bridgehead atoms. The highest BCUT2D eigenvalue weighted by Crippen LogP contribution is 2.50. The lowest BCUT2D eigenvalue weighted by molar-refractivity contribution is -0.137. The lowest BCUT2D eigenvalue weighted by Gasteiger charge is -2.30. The summed E-state index contributed by atoms with van der Waals surface area (Å²) in [6, 6.07) is 4.38. The van der Waals surface area contributed by atoms with E-state index < -0.39 is 11.7 Å². The average molecular weight is 458 g/mol. The molecule has 3 heterocycles. The van der Waals surface area contributed by atoms with Crippen molar-refractivity contribution in [3.8, 4) is 17.0 Å². The lowest BCUT2D eigenvalue weighted by Crippen LogP contribution is -2.40. The van der Waals surface area contributed by atoms with Crippen molar-refractivity contribution in [2.24, 2.45) is 0 Å². The molecule has 1 aliphatic heterocycles. The van der Waals surface area contributed by atoms with Gasteiger partial charge in [-0.3, -0.25) is 4.98 Å². The van der Waals surface area contributed by atoms with Crippen LogP contribution in [0.15, 0.2) is 30.6 Å². The first-order valence-corrected chi connectivity index (χ1v) is 11.2. The Labute approximate surface area is 190 Å². The third kappa shape index (κ3) is 4.34. The van der Waals surface area contributed by atoms with Gasteiger partial charge < -0.3 is 15.0 Å². The summed E-state index contributed by atoms with van der Waals surface area (Å²) in [6.45, 7) is 1.98. The van der Waals surface area contributed by atoms with Gasteiger partial charge in [0.1, 0.15) is 11.4 Å². The predicted molar refractivity (Wildman–Crippen MR) is 120 cm³/mol. The second-order valence-electron chi connectivity index (χ2n) is 8.98. The number of methoxy groups -OCH3 is 1. The Hall–Kier alpha value is -2.94. The summed E-state index contributed by atoms with van der Waals surface area (Å²) >= 11 is 0. The zero-order chi connectivity index (χ0) is 23.2. The van der Waals surface area contributed by atoms with Crippen LogP contribution < -0.4 is 10.1 Å². The number of hydrogen-bond donors (Lipinski definition) is 1. The molecule has 9 heteroatoms. The number of ether oxygens (including phenoxy) is 1. The first kappa shape index (κ1) is 21.9. The van der Waals surface area contributed by atoms with Crippen LogP contribution in [0.5, 0.6) is 5.75 Å². The highest BCUT2D eigenvalue weighted by atomic mass is 19.4. The number of piperidine rings is 1. The molecule has 0 amide bonds. The third-order valence-corrected chi connectivity index (χ3v) is 6.48. The van der Waals surface area contributed by atoms with E-state index in [-0.39, 0.29) is 17.7 Å². The zero-order valence-electron chi connectivity index (χ0n) is 18.6. The minimum atomic E-state index is -4.45. The van der Waals surface area contributed by atoms with Gasteiger partial charge in [-0.05, 0) is 69.0 Å². The third-order valence-electron chi connectivity index (χ3n) is 6.48. The number of likely N-dealkylation sites (N-methyl/N-ethyl adjacent to an activating group) is 1. The zero-order valence-corrected chi connectivity index (χ0v) is 18.6. The van der Waals surface area contributed by atoms with Crippen molar-refractivity contribution in [1.29, 1.82) is 0 Å². The Morgan fingerprint density at radius 2 is 1.94 bits per heavy atom. The van der Waals surface area contributed by atoms with Gasteiger partial charge in [0.15, 0.2) is 5.82 Å². The number of pyridine rings is 1. The SMILES string of the molecule is COc1cc(C(F)(F)F)cc(C2CC2)c1-c1nnc(N[C@@H]2CCCN(C)C2)c2cnccc12. The molecule has 1 aliphatic carbocycles. The second kappa shape index (κ2) is 8.44. The molecule has 2 aromatic heterocycles. The summed E-state index contributed by atoms with van der Waals surface area (Å²) in [7, 11) is 3.49. The molecule has 174 valence electrons. The van der Waals surface area contributed by atoms with E-state index in [1.165, 1.54) is 13.2 Å². The minimum Gasteiger partial charge on any atom is -0.496 e. The van der Waals surface area contributed by atoms with Crippen LogP contribution in [0, 0.1) is 0 Å². The number of likely N-dealkylation sites (tertiary alicyclic amines) is 1. The van der Waals surface area contributed by atoms with Gasteiger partial charge in [-0.25, -0.2) is 0 Å². The summed E-state index contributed by atoms with van der Waals surface area (Å²) in [5.74, 6) is 0.861. The number of fused-ring (bicyclic) bond motifs is 1. The average Bonchev–Trinajstić information content (AvgIpc) is 3.63. The molecule has 1 saturated carbocycles. The molecule has 3 aromatic rings. The van der Waals surface area contributed by atoms with Crippen molar-refractivity contribution in [3.05, 3.63) is 41.7 Å². The van der Waals surface area contributed by atoms with E-state index in [0.717, 1.165) is 55.6 Å². The molecule has 1 aromatic carbocycles.